The molecular formula is C43H69N7O11. The number of unbranched alkanes of at least 4 members (excludes halogenated alkanes) is 1. The highest BCUT2D eigenvalue weighted by Gasteiger charge is 2.50. The number of benzene rings is 1. The number of carboxylic acid groups (broad SMARTS) is 1. The number of ketones is 1. The van der Waals surface area contributed by atoms with E-state index >= 15 is 0 Å². The number of likely N-dealkylation sites (N-methyl/N-ethyl adjacent to an activating group) is 1. The van der Waals surface area contributed by atoms with Crippen molar-refractivity contribution >= 4 is 29.8 Å². The maximum absolute atomic E-state index is 14.3. The van der Waals surface area contributed by atoms with Crippen LogP contribution < -0.4 is 11.1 Å². The van der Waals surface area contributed by atoms with Crippen LogP contribution in [0.4, 0.5) is 5.69 Å². The van der Waals surface area contributed by atoms with Gasteiger partial charge >= 0.3 is 11.9 Å². The molecule has 0 saturated carbocycles. The number of methoxy groups -OCH3 is 1. The molecule has 342 valence electrons. The average molecular weight is 860 g/mol. The Morgan fingerprint density at radius 1 is 1.18 bits per heavy atom. The number of aliphatic carboxylic acids is 1. The van der Waals surface area contributed by atoms with Gasteiger partial charge in [-0.3, -0.25) is 23.9 Å². The molecule has 1 aromatic heterocycles. The van der Waals surface area contributed by atoms with Gasteiger partial charge in [-0.2, -0.15) is 0 Å². The number of nitrogens with zero attached hydrogens (tertiary/aromatic N) is 5. The molecule has 3 heterocycles. The Hall–Kier alpha value is -4.04. The largest absolute Gasteiger partial charge is 0.481 e. The van der Waals surface area contributed by atoms with E-state index in [4.69, 9.17) is 24.7 Å². The number of carbonyl (C=O) groups is 4. The van der Waals surface area contributed by atoms with Crippen LogP contribution in [0.25, 0.3) is 11.3 Å². The van der Waals surface area contributed by atoms with Gasteiger partial charge in [-0.25, -0.2) is 0 Å². The summed E-state index contributed by atoms with van der Waals surface area (Å²) in [5.41, 5.74) is 4.98. The molecule has 12 atom stereocenters. The van der Waals surface area contributed by atoms with Gasteiger partial charge in [0.05, 0.1) is 36.5 Å². The molecule has 4 rings (SSSR count). The van der Waals surface area contributed by atoms with Crippen LogP contribution >= 0.6 is 0 Å². The van der Waals surface area contributed by atoms with Crippen molar-refractivity contribution in [3.63, 3.8) is 0 Å². The van der Waals surface area contributed by atoms with Crippen molar-refractivity contribution in [3.8, 4) is 11.3 Å². The van der Waals surface area contributed by atoms with Crippen molar-refractivity contribution in [2.75, 3.05) is 40.0 Å². The predicted molar refractivity (Wildman–Crippen MR) is 226 cm³/mol. The second-order valence-electron chi connectivity index (χ2n) is 17.6. The Labute approximate surface area is 359 Å². The van der Waals surface area contributed by atoms with E-state index in [1.54, 1.807) is 24.6 Å². The highest BCUT2D eigenvalue weighted by atomic mass is 16.7. The zero-order chi connectivity index (χ0) is 45.2. The van der Waals surface area contributed by atoms with E-state index in [9.17, 15) is 34.5 Å². The lowest BCUT2D eigenvalue weighted by Crippen LogP contribution is -2.65. The molecule has 2 unspecified atom stereocenters. The smallest absolute Gasteiger partial charge is 0.317 e. The molecule has 0 aliphatic carbocycles. The molecule has 6 N–H and O–H groups in total. The maximum atomic E-state index is 14.3. The number of rotatable bonds is 15. The normalized spacial score (nSPS) is 33.4. The highest BCUT2D eigenvalue weighted by Crippen LogP contribution is 2.35. The number of nitrogens with two attached hydrogens (primary N) is 1. The van der Waals surface area contributed by atoms with Crippen molar-refractivity contribution in [2.24, 2.45) is 11.8 Å². The van der Waals surface area contributed by atoms with E-state index < -0.39 is 84.4 Å². The zero-order valence-corrected chi connectivity index (χ0v) is 37.2. The number of aromatic nitrogens is 3. The molecule has 61 heavy (non-hydrogen) atoms. The van der Waals surface area contributed by atoms with Gasteiger partial charge in [0.2, 0.25) is 6.41 Å². The number of aliphatic hydroxyl groups excluding tert-OH is 1. The number of carboxylic acids is 1. The van der Waals surface area contributed by atoms with Gasteiger partial charge in [-0.05, 0) is 98.5 Å². The van der Waals surface area contributed by atoms with Crippen LogP contribution in [0.5, 0.6) is 0 Å². The average Bonchev–Trinajstić information content (AvgIpc) is 3.68. The maximum Gasteiger partial charge on any atom is 0.317 e. The number of ether oxygens (including phenoxy) is 4. The fourth-order valence-corrected chi connectivity index (χ4v) is 8.88. The van der Waals surface area contributed by atoms with Crippen molar-refractivity contribution in [3.05, 3.63) is 30.5 Å². The minimum atomic E-state index is -1.88. The molecule has 0 bridgehead atoms. The third kappa shape index (κ3) is 12.8. The third-order valence-corrected chi connectivity index (χ3v) is 12.3. The van der Waals surface area contributed by atoms with E-state index in [1.807, 2.05) is 64.2 Å². The van der Waals surface area contributed by atoms with E-state index in [0.29, 0.717) is 56.6 Å². The Morgan fingerprint density at radius 2 is 1.90 bits per heavy atom. The molecule has 18 nitrogen and oxygen atoms in total. The van der Waals surface area contributed by atoms with Crippen LogP contribution in [0.3, 0.4) is 0 Å². The van der Waals surface area contributed by atoms with E-state index in [-0.39, 0.29) is 31.0 Å². The third-order valence-electron chi connectivity index (χ3n) is 12.3. The molecule has 1 amide bonds. The van der Waals surface area contributed by atoms with Gasteiger partial charge in [0, 0.05) is 50.0 Å². The van der Waals surface area contributed by atoms with Crippen LogP contribution in [0, 0.1) is 11.8 Å². The first kappa shape index (κ1) is 49.6. The fraction of sp³-hybridized carbons (Fsp3) is 0.721. The van der Waals surface area contributed by atoms with Gasteiger partial charge in [-0.1, -0.05) is 31.2 Å². The Bertz CT molecular complexity index is 1760. The number of nitrogen functional groups attached to an aromatic ring is 1. The SMILES string of the molecule is CC[C@H]1OC(=O)[C@H](CC(=O)O)C(=O)C[C@@H](O[C@@H]2O[C@H](C)CC(N(C)C)C2O)[C@](C)(OC)C[C@@H](C)CN[C@H](C)[C@@H](N(C=O)CCCCn2cc(-c3cccc(N)c3)nn2)[C@]1(C)O. The first-order valence-electron chi connectivity index (χ1n) is 21.3. The summed E-state index contributed by atoms with van der Waals surface area (Å²) in [6, 6.07) is 5.52. The van der Waals surface area contributed by atoms with Gasteiger partial charge in [0.15, 0.2) is 6.29 Å². The summed E-state index contributed by atoms with van der Waals surface area (Å²) in [5.74, 6) is -5.23. The molecule has 2 fully saturated rings. The molecule has 18 heteroatoms. The molecule has 2 aromatic rings. The zero-order valence-electron chi connectivity index (χ0n) is 37.2. The van der Waals surface area contributed by atoms with Crippen LogP contribution in [0.2, 0.25) is 0 Å². The number of anilines is 1. The minimum absolute atomic E-state index is 0.0797. The first-order chi connectivity index (χ1) is 28.7. The van der Waals surface area contributed by atoms with Crippen LogP contribution in [0.1, 0.15) is 86.5 Å². The second kappa shape index (κ2) is 21.8. The molecule has 0 spiro atoms. The Kier molecular flexibility index (Phi) is 17.8. The fourth-order valence-electron chi connectivity index (χ4n) is 8.88. The lowest BCUT2D eigenvalue weighted by Gasteiger charge is -2.46. The van der Waals surface area contributed by atoms with Crippen LogP contribution in [-0.4, -0.2) is 159 Å². The standard InChI is InChI=1S/C43H69N7O11/c1-10-35-43(6,57)39(49(25-51)16-11-12-17-50-24-32(46-47-50)29-14-13-15-30(44)19-29)28(4)45-23-26(2)22-42(5,58-9)36(21-34(52)31(20-37(53)54)40(56)60-35)61-41-38(55)33(48(7)8)18-27(3)59-41/h13-15,19,24-28,31,33,35-36,38-39,41,45,55,57H,10-12,16-18,20-23,44H2,1-9H3,(H,53,54)/t26-,27-,28-,31-,33?,35-,36-,38?,39-,41+,42-,43-/m1/s1. The topological polar surface area (TPSA) is 241 Å². The van der Waals surface area contributed by atoms with Crippen molar-refractivity contribution in [2.45, 2.75) is 153 Å². The summed E-state index contributed by atoms with van der Waals surface area (Å²) < 4.78 is 26.3. The Morgan fingerprint density at radius 3 is 2.52 bits per heavy atom. The van der Waals surface area contributed by atoms with Crippen molar-refractivity contribution < 1.29 is 53.4 Å². The van der Waals surface area contributed by atoms with E-state index in [0.717, 1.165) is 5.56 Å². The summed E-state index contributed by atoms with van der Waals surface area (Å²) in [6.45, 7) is 11.7. The summed E-state index contributed by atoms with van der Waals surface area (Å²) in [5, 5.41) is 45.7. The quantitative estimate of drug-likeness (QED) is 0.0568. The Balaban J connectivity index is 1.63. The molecular weight excluding hydrogens is 791 g/mol. The predicted octanol–water partition coefficient (Wildman–Crippen LogP) is 2.49. The number of Topliss-reactive ketones (excluding diaryl/α,β-unsaturated/α-hetero) is 1. The van der Waals surface area contributed by atoms with Crippen molar-refractivity contribution in [1.82, 2.24) is 30.1 Å². The number of aliphatic hydroxyl groups is 2. The number of carbonyl (C=O) groups excluding carboxylic acids is 3. The van der Waals surface area contributed by atoms with Gasteiger partial charge in [-0.15, -0.1) is 5.10 Å². The molecule has 0 radical (unpaired) electrons. The number of hydrogen-bond donors (Lipinski definition) is 5. The lowest BCUT2D eigenvalue weighted by molar-refractivity contribution is -0.289. The monoisotopic (exact) mass is 860 g/mol. The van der Waals surface area contributed by atoms with Gasteiger partial charge in [0.25, 0.3) is 0 Å². The summed E-state index contributed by atoms with van der Waals surface area (Å²) >= 11 is 0. The summed E-state index contributed by atoms with van der Waals surface area (Å²) in [7, 11) is 5.16. The first-order valence-corrected chi connectivity index (χ1v) is 21.3. The molecule has 2 aliphatic rings. The number of aryl methyl sites for hydroxylation is 1. The highest BCUT2D eigenvalue weighted by molar-refractivity contribution is 6.01. The molecule has 1 aromatic carbocycles. The van der Waals surface area contributed by atoms with Gasteiger partial charge in [0.1, 0.15) is 35.2 Å². The number of nitrogens with one attached hydrogen (secondary N) is 1. The van der Waals surface area contributed by atoms with Crippen molar-refractivity contribution in [1.29, 1.82) is 0 Å². The van der Waals surface area contributed by atoms with Gasteiger partial charge < -0.3 is 55.1 Å². The summed E-state index contributed by atoms with van der Waals surface area (Å²) in [4.78, 5) is 56.8. The molecule has 2 aliphatic heterocycles. The number of amides is 1. The van der Waals surface area contributed by atoms with E-state index in [1.165, 1.54) is 18.9 Å². The molecule has 2 saturated heterocycles. The minimum Gasteiger partial charge on any atom is -0.481 e. The summed E-state index contributed by atoms with van der Waals surface area (Å²) in [6.07, 6.45) is -1.71. The van der Waals surface area contributed by atoms with E-state index in [2.05, 4.69) is 15.6 Å². The lowest BCUT2D eigenvalue weighted by atomic mass is 9.82. The number of hydrogen-bond acceptors (Lipinski definition) is 15. The number of esters is 1. The van der Waals surface area contributed by atoms with Crippen LogP contribution in [-0.2, 0) is 44.7 Å². The van der Waals surface area contributed by atoms with Crippen LogP contribution in [0.15, 0.2) is 30.5 Å². The second-order valence-corrected chi connectivity index (χ2v) is 17.6. The number of cyclic esters (lactones) is 1.